The van der Waals surface area contributed by atoms with Crippen molar-refractivity contribution in [1.29, 1.82) is 5.26 Å². The SMILES string of the molecule is N#CC(=C1C=CC(=NO)C=C1Cl)c1ccc(Cl)cc1. The van der Waals surface area contributed by atoms with E-state index in [4.69, 9.17) is 28.4 Å². The molecule has 1 aromatic rings. The summed E-state index contributed by atoms with van der Waals surface area (Å²) in [4.78, 5) is 0. The lowest BCUT2D eigenvalue weighted by molar-refractivity contribution is 0.320. The van der Waals surface area contributed by atoms with Gasteiger partial charge in [-0.1, -0.05) is 40.5 Å². The summed E-state index contributed by atoms with van der Waals surface area (Å²) >= 11 is 11.9. The van der Waals surface area contributed by atoms with Crippen molar-refractivity contribution in [2.24, 2.45) is 5.16 Å². The van der Waals surface area contributed by atoms with Gasteiger partial charge in [0.1, 0.15) is 11.8 Å². The van der Waals surface area contributed by atoms with Crippen LogP contribution >= 0.6 is 23.2 Å². The number of nitrogens with zero attached hydrogens (tertiary/aromatic N) is 2. The van der Waals surface area contributed by atoms with E-state index in [1.165, 1.54) is 6.08 Å². The van der Waals surface area contributed by atoms with Gasteiger partial charge in [0.25, 0.3) is 0 Å². The van der Waals surface area contributed by atoms with Gasteiger partial charge in [0.05, 0.1) is 10.6 Å². The molecule has 19 heavy (non-hydrogen) atoms. The molecule has 3 nitrogen and oxygen atoms in total. The molecule has 0 amide bonds. The minimum absolute atomic E-state index is 0.335. The van der Waals surface area contributed by atoms with Gasteiger partial charge in [0.15, 0.2) is 0 Å². The van der Waals surface area contributed by atoms with Gasteiger partial charge >= 0.3 is 0 Å². The summed E-state index contributed by atoms with van der Waals surface area (Å²) in [6, 6.07) is 9.05. The first-order valence-corrected chi connectivity index (χ1v) is 6.09. The Bertz CT molecular complexity index is 662. The fourth-order valence-corrected chi connectivity index (χ4v) is 2.06. The second-order valence-corrected chi connectivity index (χ2v) is 4.60. The maximum atomic E-state index is 9.30. The number of nitriles is 1. The van der Waals surface area contributed by atoms with E-state index in [0.29, 0.717) is 26.9 Å². The van der Waals surface area contributed by atoms with Crippen molar-refractivity contribution in [3.63, 3.8) is 0 Å². The molecular formula is C14H8Cl2N2O. The molecule has 2 rings (SSSR count). The Hall–Kier alpha value is -2.02. The molecule has 1 aromatic carbocycles. The fraction of sp³-hybridized carbons (Fsp3) is 0. The number of hydrogen-bond donors (Lipinski definition) is 1. The van der Waals surface area contributed by atoms with Crippen molar-refractivity contribution in [2.75, 3.05) is 0 Å². The molecule has 1 aliphatic carbocycles. The van der Waals surface area contributed by atoms with Gasteiger partial charge in [-0.25, -0.2) is 0 Å². The van der Waals surface area contributed by atoms with Crippen LogP contribution in [0.15, 0.2) is 58.3 Å². The van der Waals surface area contributed by atoms with Crippen LogP contribution in [0, 0.1) is 11.3 Å². The number of halogens is 2. The van der Waals surface area contributed by atoms with Crippen LogP contribution in [0.25, 0.3) is 5.57 Å². The summed E-state index contributed by atoms with van der Waals surface area (Å²) in [5.41, 5.74) is 2.08. The summed E-state index contributed by atoms with van der Waals surface area (Å²) in [5.74, 6) is 0. The molecule has 0 heterocycles. The fourth-order valence-electron chi connectivity index (χ4n) is 1.67. The molecule has 0 atom stereocenters. The largest absolute Gasteiger partial charge is 0.410 e. The van der Waals surface area contributed by atoms with Crippen LogP contribution in [0.1, 0.15) is 5.56 Å². The number of rotatable bonds is 1. The normalized spacial score (nSPS) is 19.0. The molecule has 0 saturated heterocycles. The lowest BCUT2D eigenvalue weighted by Gasteiger charge is -2.10. The van der Waals surface area contributed by atoms with Crippen molar-refractivity contribution < 1.29 is 5.21 Å². The number of hydrogen-bond acceptors (Lipinski definition) is 3. The third kappa shape index (κ3) is 2.87. The Morgan fingerprint density at radius 2 is 1.84 bits per heavy atom. The van der Waals surface area contributed by atoms with E-state index in [-0.39, 0.29) is 0 Å². The van der Waals surface area contributed by atoms with Gasteiger partial charge in [0, 0.05) is 10.6 Å². The Morgan fingerprint density at radius 1 is 1.16 bits per heavy atom. The molecule has 0 aromatic heterocycles. The van der Waals surface area contributed by atoms with Crippen LogP contribution in [0.2, 0.25) is 5.02 Å². The molecule has 94 valence electrons. The minimum atomic E-state index is 0.335. The quantitative estimate of drug-likeness (QED) is 0.480. The molecule has 0 unspecified atom stereocenters. The lowest BCUT2D eigenvalue weighted by atomic mass is 9.97. The zero-order chi connectivity index (χ0) is 13.8. The first-order chi connectivity index (χ1) is 9.15. The van der Waals surface area contributed by atoms with E-state index < -0.39 is 0 Å². The van der Waals surface area contributed by atoms with Crippen LogP contribution in [0.5, 0.6) is 0 Å². The molecular weight excluding hydrogens is 283 g/mol. The standard InChI is InChI=1S/C14H8Cl2N2O/c15-10-3-1-9(2-4-10)13(8-17)12-6-5-11(18-19)7-14(12)16/h1-7,19H. The molecule has 5 heteroatoms. The van der Waals surface area contributed by atoms with E-state index in [9.17, 15) is 5.26 Å². The second kappa shape index (κ2) is 5.75. The highest BCUT2D eigenvalue weighted by molar-refractivity contribution is 6.36. The zero-order valence-corrected chi connectivity index (χ0v) is 11.2. The summed E-state index contributed by atoms with van der Waals surface area (Å²) in [7, 11) is 0. The number of benzene rings is 1. The molecule has 0 fully saturated rings. The van der Waals surface area contributed by atoms with Crippen LogP contribution in [-0.2, 0) is 0 Å². The van der Waals surface area contributed by atoms with Crippen LogP contribution < -0.4 is 0 Å². The van der Waals surface area contributed by atoms with Crippen LogP contribution in [0.3, 0.4) is 0 Å². The Morgan fingerprint density at radius 3 is 2.37 bits per heavy atom. The van der Waals surface area contributed by atoms with Gasteiger partial charge in [-0.3, -0.25) is 0 Å². The molecule has 0 spiro atoms. The maximum Gasteiger partial charge on any atom is 0.104 e. The van der Waals surface area contributed by atoms with E-state index in [1.807, 2.05) is 0 Å². The Kier molecular flexibility index (Phi) is 4.06. The summed E-state index contributed by atoms with van der Waals surface area (Å²) < 4.78 is 0. The van der Waals surface area contributed by atoms with Crippen LogP contribution in [0.4, 0.5) is 0 Å². The van der Waals surface area contributed by atoms with Gasteiger partial charge in [-0.05, 0) is 35.9 Å². The van der Waals surface area contributed by atoms with Gasteiger partial charge in [0.2, 0.25) is 0 Å². The van der Waals surface area contributed by atoms with E-state index in [2.05, 4.69) is 11.2 Å². The van der Waals surface area contributed by atoms with E-state index in [1.54, 1.807) is 36.4 Å². The highest BCUT2D eigenvalue weighted by atomic mass is 35.5. The first kappa shape index (κ1) is 13.4. The van der Waals surface area contributed by atoms with Gasteiger partial charge in [-0.15, -0.1) is 0 Å². The average molecular weight is 291 g/mol. The maximum absolute atomic E-state index is 9.30. The van der Waals surface area contributed by atoms with Gasteiger partial charge < -0.3 is 5.21 Å². The summed E-state index contributed by atoms with van der Waals surface area (Å²) in [6.45, 7) is 0. The predicted molar refractivity (Wildman–Crippen MR) is 76.3 cm³/mol. The number of allylic oxidation sites excluding steroid dienone is 6. The number of oxime groups is 1. The van der Waals surface area contributed by atoms with Crippen molar-refractivity contribution in [1.82, 2.24) is 0 Å². The van der Waals surface area contributed by atoms with Gasteiger partial charge in [-0.2, -0.15) is 5.26 Å². The molecule has 0 radical (unpaired) electrons. The van der Waals surface area contributed by atoms with Crippen molar-refractivity contribution in [2.45, 2.75) is 0 Å². The molecule has 0 aliphatic heterocycles. The predicted octanol–water partition coefficient (Wildman–Crippen LogP) is 4.14. The monoisotopic (exact) mass is 290 g/mol. The van der Waals surface area contributed by atoms with Crippen LogP contribution in [-0.4, -0.2) is 10.9 Å². The highest BCUT2D eigenvalue weighted by Gasteiger charge is 2.14. The van der Waals surface area contributed by atoms with Crippen molar-refractivity contribution in [3.8, 4) is 6.07 Å². The second-order valence-electron chi connectivity index (χ2n) is 3.76. The van der Waals surface area contributed by atoms with E-state index >= 15 is 0 Å². The Balaban J connectivity index is 2.54. The minimum Gasteiger partial charge on any atom is -0.410 e. The molecule has 1 aliphatic rings. The topological polar surface area (TPSA) is 56.4 Å². The summed E-state index contributed by atoms with van der Waals surface area (Å²) in [5, 5.41) is 22.0. The average Bonchev–Trinajstić information content (AvgIpc) is 2.43. The zero-order valence-electron chi connectivity index (χ0n) is 9.64. The molecule has 1 N–H and O–H groups in total. The Labute approximate surface area is 120 Å². The first-order valence-electron chi connectivity index (χ1n) is 5.33. The van der Waals surface area contributed by atoms with Crippen molar-refractivity contribution in [3.05, 3.63) is 63.7 Å². The highest BCUT2D eigenvalue weighted by Crippen LogP contribution is 2.29. The third-order valence-corrected chi connectivity index (χ3v) is 3.15. The third-order valence-electron chi connectivity index (χ3n) is 2.58. The molecule has 0 bridgehead atoms. The molecule has 0 saturated carbocycles. The summed E-state index contributed by atoms with van der Waals surface area (Å²) in [6.07, 6.45) is 4.71. The lowest BCUT2D eigenvalue weighted by Crippen LogP contribution is -1.99. The van der Waals surface area contributed by atoms with E-state index in [0.717, 1.165) is 5.56 Å². The van der Waals surface area contributed by atoms with Crippen molar-refractivity contribution >= 4 is 34.5 Å². The smallest absolute Gasteiger partial charge is 0.104 e.